The van der Waals surface area contributed by atoms with Gasteiger partial charge in [-0.3, -0.25) is 29.4 Å². The van der Waals surface area contributed by atoms with Crippen LogP contribution in [0.25, 0.3) is 10.8 Å². The molecule has 1 aliphatic carbocycles. The molecule has 1 atom stereocenters. The van der Waals surface area contributed by atoms with E-state index in [9.17, 15) is 24.4 Å². The lowest BCUT2D eigenvalue weighted by atomic mass is 9.49. The van der Waals surface area contributed by atoms with E-state index >= 15 is 0 Å². The van der Waals surface area contributed by atoms with Gasteiger partial charge < -0.3 is 19.9 Å². The van der Waals surface area contributed by atoms with Crippen LogP contribution in [-0.2, 0) is 9.59 Å². The highest BCUT2D eigenvalue weighted by molar-refractivity contribution is 6.31. The molecule has 0 radical (unpaired) electrons. The third-order valence-corrected chi connectivity index (χ3v) is 13.7. The number of fused-ring (bicyclic) bond motifs is 1. The number of imide groups is 1. The lowest BCUT2D eigenvalue weighted by Crippen LogP contribution is -2.74. The molecule has 1 saturated carbocycles. The molecule has 3 amide bonds. The van der Waals surface area contributed by atoms with E-state index < -0.39 is 11.9 Å². The second-order valence-electron chi connectivity index (χ2n) is 18.1. The maximum absolute atomic E-state index is 13.5. The monoisotopic (exact) mass is 832 g/mol. The van der Waals surface area contributed by atoms with Crippen molar-refractivity contribution in [1.29, 1.82) is 5.26 Å². The number of halogens is 1. The predicted octanol–water partition coefficient (Wildman–Crippen LogP) is 5.86. The highest BCUT2D eigenvalue weighted by atomic mass is 35.5. The zero-order valence-electron chi connectivity index (χ0n) is 35.0. The molecule has 0 unspecified atom stereocenters. The number of hydrogen-bond donors (Lipinski definition) is 2. The molecular weight excluding hydrogens is 780 g/mol. The molecule has 0 bridgehead atoms. The smallest absolute Gasteiger partial charge is 0.275 e. The van der Waals surface area contributed by atoms with Crippen molar-refractivity contribution < 1.29 is 19.1 Å². The molecule has 314 valence electrons. The van der Waals surface area contributed by atoms with Crippen LogP contribution in [0, 0.1) is 35.0 Å². The molecule has 14 heteroatoms. The summed E-state index contributed by atoms with van der Waals surface area (Å²) in [6, 6.07) is 20.1. The third-order valence-electron chi connectivity index (χ3n) is 13.4. The maximum Gasteiger partial charge on any atom is 0.275 e. The Hall–Kier alpha value is -5.45. The summed E-state index contributed by atoms with van der Waals surface area (Å²) in [5.41, 5.74) is 2.89. The molecule has 8 rings (SSSR count). The van der Waals surface area contributed by atoms with Crippen molar-refractivity contribution in [2.75, 3.05) is 55.6 Å². The molecule has 60 heavy (non-hydrogen) atoms. The van der Waals surface area contributed by atoms with Gasteiger partial charge in [-0.2, -0.15) is 10.4 Å². The van der Waals surface area contributed by atoms with Crippen LogP contribution in [-0.4, -0.2) is 90.4 Å². The number of nitrogens with zero attached hydrogens (tertiary/aromatic N) is 6. The molecule has 4 fully saturated rings. The van der Waals surface area contributed by atoms with Crippen molar-refractivity contribution in [3.8, 4) is 11.8 Å². The number of aromatic nitrogens is 2. The lowest BCUT2D eigenvalue weighted by molar-refractivity contribution is -0.164. The van der Waals surface area contributed by atoms with Crippen LogP contribution in [0.5, 0.6) is 5.75 Å². The van der Waals surface area contributed by atoms with E-state index in [2.05, 4.69) is 76.3 Å². The number of nitrogens with one attached hydrogen (secondary N) is 2. The minimum absolute atomic E-state index is 0.101. The standard InChI is InChI=1S/C46H53ClN8O5/c1-28-36-24-33(11-13-35(36)42(59)55(51-28)38-14-15-39(56)49-41(38)58)54-22-20-52(21-23-54)27-29-16-18-53(19-17-29)32-9-6-30(7-10-32)40(57)50-43-45(2,3)44(46(43,4)5)60-34-12-8-31(26-48)37(47)25-34/h6-13,24-25,29,38,43-44H,14-23,27H2,1-5H3,(H,50,57)(H,49,56,58)/t38-,43?,44?/m0/s1. The summed E-state index contributed by atoms with van der Waals surface area (Å²) in [6.07, 6.45) is 2.49. The number of carbonyl (C=O) groups excluding carboxylic acids is 3. The second kappa shape index (κ2) is 16.2. The van der Waals surface area contributed by atoms with Gasteiger partial charge in [0.05, 0.1) is 21.7 Å². The number of piperidine rings is 2. The summed E-state index contributed by atoms with van der Waals surface area (Å²) in [5.74, 6) is 0.315. The maximum atomic E-state index is 13.5. The van der Waals surface area contributed by atoms with Crippen molar-refractivity contribution in [1.82, 2.24) is 25.3 Å². The van der Waals surface area contributed by atoms with Crippen LogP contribution >= 0.6 is 11.6 Å². The van der Waals surface area contributed by atoms with Crippen LogP contribution in [0.1, 0.15) is 81.0 Å². The SMILES string of the molecule is Cc1nn([C@H]2CCC(=O)NC2=O)c(=O)c2ccc(N3CCN(CC4CCN(c5ccc(C(=O)NC6C(C)(C)C(Oc7ccc(C#N)c(Cl)c7)C6(C)C)cc5)CC4)CC3)cc12. The van der Waals surface area contributed by atoms with Crippen LogP contribution in [0.3, 0.4) is 0 Å². The topological polar surface area (TPSA) is 153 Å². The van der Waals surface area contributed by atoms with Crippen LogP contribution < -0.4 is 30.7 Å². The first-order valence-corrected chi connectivity index (χ1v) is 21.4. The number of aryl methyl sites for hydroxylation is 1. The van der Waals surface area contributed by atoms with Gasteiger partial charge in [0.25, 0.3) is 17.4 Å². The number of carbonyl (C=O) groups is 3. The molecule has 13 nitrogen and oxygen atoms in total. The van der Waals surface area contributed by atoms with Gasteiger partial charge in [-0.05, 0) is 86.7 Å². The molecular formula is C46H53ClN8O5. The summed E-state index contributed by atoms with van der Waals surface area (Å²) >= 11 is 6.26. The Morgan fingerprint density at radius 1 is 0.883 bits per heavy atom. The van der Waals surface area contributed by atoms with Gasteiger partial charge in [-0.1, -0.05) is 39.3 Å². The van der Waals surface area contributed by atoms with Gasteiger partial charge >= 0.3 is 0 Å². The molecule has 4 heterocycles. The molecule has 3 aromatic carbocycles. The van der Waals surface area contributed by atoms with Gasteiger partial charge in [-0.25, -0.2) is 4.68 Å². The van der Waals surface area contributed by atoms with Crippen LogP contribution in [0.15, 0.2) is 65.5 Å². The fourth-order valence-electron chi connectivity index (χ4n) is 10.3. The summed E-state index contributed by atoms with van der Waals surface area (Å²) in [5, 5.41) is 21.0. The number of nitriles is 1. The Balaban J connectivity index is 0.801. The van der Waals surface area contributed by atoms with Crippen LogP contribution in [0.2, 0.25) is 5.02 Å². The van der Waals surface area contributed by atoms with E-state index in [1.54, 1.807) is 18.2 Å². The number of benzene rings is 3. The molecule has 1 aromatic heterocycles. The number of amides is 3. The second-order valence-corrected chi connectivity index (χ2v) is 18.5. The molecule has 0 spiro atoms. The minimum Gasteiger partial charge on any atom is -0.489 e. The Labute approximate surface area is 355 Å². The number of rotatable bonds is 9. The summed E-state index contributed by atoms with van der Waals surface area (Å²) in [7, 11) is 0. The largest absolute Gasteiger partial charge is 0.489 e. The van der Waals surface area contributed by atoms with Gasteiger partial charge in [0.1, 0.15) is 24.0 Å². The van der Waals surface area contributed by atoms with Crippen LogP contribution in [0.4, 0.5) is 11.4 Å². The van der Waals surface area contributed by atoms with E-state index in [0.717, 1.165) is 75.4 Å². The Kier molecular flexibility index (Phi) is 11.1. The fourth-order valence-corrected chi connectivity index (χ4v) is 10.5. The van der Waals surface area contributed by atoms with Gasteiger partial charge in [0, 0.05) is 97.5 Å². The molecule has 4 aromatic rings. The first-order valence-electron chi connectivity index (χ1n) is 21.0. The zero-order chi connectivity index (χ0) is 42.5. The normalized spacial score (nSPS) is 23.1. The lowest BCUT2D eigenvalue weighted by Gasteiger charge is -2.63. The average Bonchev–Trinajstić information content (AvgIpc) is 3.23. The summed E-state index contributed by atoms with van der Waals surface area (Å²) < 4.78 is 7.63. The minimum atomic E-state index is -0.787. The Morgan fingerprint density at radius 2 is 1.55 bits per heavy atom. The molecule has 3 aliphatic heterocycles. The van der Waals surface area contributed by atoms with Crippen molar-refractivity contribution in [2.45, 2.75) is 78.5 Å². The molecule has 2 N–H and O–H groups in total. The Bertz CT molecular complexity index is 2410. The van der Waals surface area contributed by atoms with E-state index in [-0.39, 0.29) is 53.2 Å². The van der Waals surface area contributed by atoms with Gasteiger partial charge in [0.2, 0.25) is 5.91 Å². The third kappa shape index (κ3) is 7.83. The Morgan fingerprint density at radius 3 is 2.20 bits per heavy atom. The molecule has 4 aliphatic rings. The summed E-state index contributed by atoms with van der Waals surface area (Å²) in [4.78, 5) is 58.4. The molecule has 3 saturated heterocycles. The van der Waals surface area contributed by atoms with Crippen molar-refractivity contribution in [2.24, 2.45) is 16.7 Å². The van der Waals surface area contributed by atoms with Crippen molar-refractivity contribution in [3.63, 3.8) is 0 Å². The average molecular weight is 833 g/mol. The van der Waals surface area contributed by atoms with Crippen molar-refractivity contribution >= 4 is 51.5 Å². The van der Waals surface area contributed by atoms with E-state index in [4.69, 9.17) is 16.3 Å². The van der Waals surface area contributed by atoms with Gasteiger partial charge in [0.15, 0.2) is 0 Å². The first-order chi connectivity index (χ1) is 28.6. The number of ether oxygens (including phenoxy) is 1. The summed E-state index contributed by atoms with van der Waals surface area (Å²) in [6.45, 7) is 17.0. The highest BCUT2D eigenvalue weighted by Crippen LogP contribution is 2.55. The van der Waals surface area contributed by atoms with E-state index in [1.807, 2.05) is 37.3 Å². The fraction of sp³-hybridized carbons (Fsp3) is 0.478. The zero-order valence-corrected chi connectivity index (χ0v) is 35.7. The van der Waals surface area contributed by atoms with Gasteiger partial charge in [-0.15, -0.1) is 0 Å². The quantitative estimate of drug-likeness (QED) is 0.196. The number of hydrogen-bond acceptors (Lipinski definition) is 10. The van der Waals surface area contributed by atoms with E-state index in [1.165, 1.54) is 4.68 Å². The van der Waals surface area contributed by atoms with E-state index in [0.29, 0.717) is 38.9 Å². The first kappa shape index (κ1) is 41.3. The number of anilines is 2. The van der Waals surface area contributed by atoms with Crippen molar-refractivity contribution in [3.05, 3.63) is 92.9 Å². The highest BCUT2D eigenvalue weighted by Gasteiger charge is 2.64. The predicted molar refractivity (Wildman–Crippen MR) is 232 cm³/mol. The number of piperazine rings is 1.